The van der Waals surface area contributed by atoms with Crippen LogP contribution in [0.5, 0.6) is 0 Å². The number of rotatable bonds is 3. The van der Waals surface area contributed by atoms with Gasteiger partial charge in [-0.15, -0.1) is 41.3 Å². The maximum absolute atomic E-state index is 5.19. The van der Waals surface area contributed by atoms with Gasteiger partial charge in [0.15, 0.2) is 0 Å². The first-order valence-corrected chi connectivity index (χ1v) is 13.7. The fourth-order valence-electron chi connectivity index (χ4n) is 5.71. The summed E-state index contributed by atoms with van der Waals surface area (Å²) >= 11 is 0. The van der Waals surface area contributed by atoms with Crippen molar-refractivity contribution in [3.63, 3.8) is 0 Å². The van der Waals surface area contributed by atoms with Crippen LogP contribution in [0.1, 0.15) is 11.3 Å². The van der Waals surface area contributed by atoms with E-state index in [2.05, 4.69) is 121 Å². The zero-order chi connectivity index (χ0) is 27.2. The summed E-state index contributed by atoms with van der Waals surface area (Å²) in [7, 11) is 0. The maximum Gasteiger partial charge on any atom is 2.00 e. The van der Waals surface area contributed by atoms with E-state index in [1.165, 1.54) is 10.8 Å². The Morgan fingerprint density at radius 3 is 2.17 bits per heavy atom. The second-order valence-corrected chi connectivity index (χ2v) is 10.2. The van der Waals surface area contributed by atoms with Gasteiger partial charge in [-0.2, -0.15) is 5.35 Å². The summed E-state index contributed by atoms with van der Waals surface area (Å²) in [4.78, 5) is 14.6. The maximum atomic E-state index is 5.19. The number of aromatic nitrogens is 3. The first-order valence-electron chi connectivity index (χ1n) is 13.7. The Balaban J connectivity index is 0.00000288. The monoisotopic (exact) mass is 716 g/mol. The van der Waals surface area contributed by atoms with E-state index < -0.39 is 0 Å². The van der Waals surface area contributed by atoms with E-state index in [0.29, 0.717) is 0 Å². The van der Waals surface area contributed by atoms with Crippen LogP contribution in [-0.4, -0.2) is 9.97 Å². The van der Waals surface area contributed by atoms with Gasteiger partial charge in [0.2, 0.25) is 0 Å². The van der Waals surface area contributed by atoms with Crippen LogP contribution >= 0.6 is 0 Å². The molecule has 3 aromatic heterocycles. The zero-order valence-corrected chi connectivity index (χ0v) is 24.7. The molecule has 200 valence electrons. The minimum Gasteiger partial charge on any atom is -0.663 e. The number of benzene rings is 5. The Morgan fingerprint density at radius 2 is 1.31 bits per heavy atom. The predicted octanol–water partition coefficient (Wildman–Crippen LogP) is 7.17. The summed E-state index contributed by atoms with van der Waals surface area (Å²) < 4.78 is 0. The summed E-state index contributed by atoms with van der Waals surface area (Å²) in [5, 5.41) is 11.0. The van der Waals surface area contributed by atoms with Crippen LogP contribution in [0.15, 0.2) is 128 Å². The van der Waals surface area contributed by atoms with E-state index in [9.17, 15) is 0 Å². The molecule has 0 aliphatic carbocycles. The average Bonchev–Trinajstić information content (AvgIpc) is 3.38. The summed E-state index contributed by atoms with van der Waals surface area (Å²) in [6.45, 7) is 0. The molecule has 3 nitrogen and oxygen atoms in total. The van der Waals surface area contributed by atoms with Crippen LogP contribution < -0.4 is 15.7 Å². The van der Waals surface area contributed by atoms with Gasteiger partial charge in [-0.05, 0) is 49.8 Å². The molecule has 0 radical (unpaired) electrons. The molecular weight excluding hydrogens is 694 g/mol. The summed E-state index contributed by atoms with van der Waals surface area (Å²) in [6.07, 6.45) is 8.03. The quantitative estimate of drug-likeness (QED) is 0.182. The molecule has 8 rings (SSSR count). The number of hydrogen-bond donors (Lipinski definition) is 0. The molecule has 5 aromatic carbocycles. The molecule has 8 aromatic rings. The van der Waals surface area contributed by atoms with Gasteiger partial charge in [-0.1, -0.05) is 96.6 Å². The van der Waals surface area contributed by atoms with E-state index in [1.54, 1.807) is 0 Å². The van der Waals surface area contributed by atoms with Crippen molar-refractivity contribution in [1.82, 2.24) is 15.0 Å². The van der Waals surface area contributed by atoms with Gasteiger partial charge in [-0.25, -0.2) is 0 Å². The Labute approximate surface area is 257 Å². The Bertz CT molecular complexity index is 2380. The molecule has 0 unspecified atom stereocenters. The number of fused-ring (bicyclic) bond motifs is 5. The molecule has 0 aliphatic heterocycles. The Hall–Kier alpha value is -4.85. The largest absolute Gasteiger partial charge is 2.00 e. The van der Waals surface area contributed by atoms with E-state index >= 15 is 0 Å². The topological polar surface area (TPSA) is 39.9 Å². The van der Waals surface area contributed by atoms with Gasteiger partial charge in [-0.3, -0.25) is 9.97 Å². The molecule has 3 heterocycles. The minimum absolute atomic E-state index is 0. The molecule has 0 saturated heterocycles. The van der Waals surface area contributed by atoms with Gasteiger partial charge < -0.3 is 4.98 Å². The molecule has 0 aliphatic rings. The van der Waals surface area contributed by atoms with Crippen LogP contribution in [0, 0.1) is 6.07 Å². The SMILES string of the molecule is [Pt+2].[c-]1c(C=c2[n-]c(=Cc3nccc4ccccc34)c3c2ccc2ccccc23)cccc1-c1cc2ccccc2cn1. The molecule has 0 N–H and O–H groups in total. The summed E-state index contributed by atoms with van der Waals surface area (Å²) in [6, 6.07) is 43.4. The molecule has 0 amide bonds. The van der Waals surface area contributed by atoms with Crippen molar-refractivity contribution in [2.24, 2.45) is 0 Å². The van der Waals surface area contributed by atoms with Gasteiger partial charge in [0.1, 0.15) is 0 Å². The molecule has 42 heavy (non-hydrogen) atoms. The zero-order valence-electron chi connectivity index (χ0n) is 22.4. The van der Waals surface area contributed by atoms with Crippen molar-refractivity contribution in [1.29, 1.82) is 0 Å². The fraction of sp³-hybridized carbons (Fsp3) is 0. The van der Waals surface area contributed by atoms with Gasteiger partial charge in [0, 0.05) is 23.5 Å². The van der Waals surface area contributed by atoms with Crippen LogP contribution in [0.3, 0.4) is 0 Å². The second kappa shape index (κ2) is 10.9. The fourth-order valence-corrected chi connectivity index (χ4v) is 5.71. The van der Waals surface area contributed by atoms with Crippen LogP contribution in [-0.2, 0) is 21.1 Å². The smallest absolute Gasteiger partial charge is 0.663 e. The number of hydrogen-bond acceptors (Lipinski definition) is 2. The normalized spacial score (nSPS) is 12.4. The Kier molecular flexibility index (Phi) is 6.74. The van der Waals surface area contributed by atoms with Crippen LogP contribution in [0.4, 0.5) is 0 Å². The van der Waals surface area contributed by atoms with Crippen molar-refractivity contribution < 1.29 is 21.1 Å². The van der Waals surface area contributed by atoms with Gasteiger partial charge in [0.05, 0.1) is 5.69 Å². The van der Waals surface area contributed by atoms with Crippen molar-refractivity contribution in [2.45, 2.75) is 0 Å². The molecule has 0 atom stereocenters. The third kappa shape index (κ3) is 4.62. The van der Waals surface area contributed by atoms with E-state index in [1.807, 2.05) is 24.5 Å². The van der Waals surface area contributed by atoms with Gasteiger partial charge in [0.25, 0.3) is 0 Å². The number of pyridine rings is 2. The molecule has 0 saturated carbocycles. The van der Waals surface area contributed by atoms with Crippen molar-refractivity contribution in [3.8, 4) is 11.3 Å². The second-order valence-electron chi connectivity index (χ2n) is 10.2. The third-order valence-corrected chi connectivity index (χ3v) is 7.70. The molecule has 0 bridgehead atoms. The predicted molar refractivity (Wildman–Crippen MR) is 169 cm³/mol. The molecular formula is C38H23N3Pt. The van der Waals surface area contributed by atoms with Gasteiger partial charge >= 0.3 is 21.1 Å². The molecule has 4 heteroatoms. The third-order valence-electron chi connectivity index (χ3n) is 7.70. The van der Waals surface area contributed by atoms with E-state index in [0.717, 1.165) is 65.5 Å². The first kappa shape index (κ1) is 26.1. The van der Waals surface area contributed by atoms with Crippen LogP contribution in [0.2, 0.25) is 0 Å². The Morgan fingerprint density at radius 1 is 0.571 bits per heavy atom. The van der Waals surface area contributed by atoms with Crippen molar-refractivity contribution in [3.05, 3.63) is 156 Å². The standard InChI is InChI=1S/C38H23N3.Pt/c1-2-12-30-24-40-34(22-28(30)11-1)29-13-7-8-25(20-29)21-36-33-17-16-26-9-4-6-15-32(26)38(33)37(41-36)23-35-31-14-5-3-10-27(31)18-19-39-35;/h1-19,21-24H;/q-2;+2. The number of nitrogens with zero attached hydrogens (tertiary/aromatic N) is 3. The van der Waals surface area contributed by atoms with E-state index in [4.69, 9.17) is 15.0 Å². The van der Waals surface area contributed by atoms with Crippen molar-refractivity contribution >= 4 is 55.2 Å². The molecule has 0 fully saturated rings. The van der Waals surface area contributed by atoms with E-state index in [-0.39, 0.29) is 21.1 Å². The molecule has 0 spiro atoms. The minimum atomic E-state index is 0. The summed E-state index contributed by atoms with van der Waals surface area (Å²) in [5.41, 5.74) is 3.73. The van der Waals surface area contributed by atoms with Crippen LogP contribution in [0.25, 0.3) is 66.5 Å². The first-order chi connectivity index (χ1) is 20.3. The average molecular weight is 717 g/mol. The van der Waals surface area contributed by atoms with Crippen molar-refractivity contribution in [2.75, 3.05) is 0 Å². The summed E-state index contributed by atoms with van der Waals surface area (Å²) in [5.74, 6) is 0.